The number of hydrogen-bond donors (Lipinski definition) is 0. The van der Waals surface area contributed by atoms with Crippen molar-refractivity contribution in [3.63, 3.8) is 0 Å². The lowest BCUT2D eigenvalue weighted by atomic mass is 10.2. The number of aromatic nitrogens is 3. The molecule has 4 aromatic rings. The highest BCUT2D eigenvalue weighted by molar-refractivity contribution is 7.23. The van der Waals surface area contributed by atoms with Crippen molar-refractivity contribution in [1.82, 2.24) is 14.8 Å². The van der Waals surface area contributed by atoms with Crippen LogP contribution in [0.15, 0.2) is 30.3 Å². The largest absolute Gasteiger partial charge is 0.376 e. The van der Waals surface area contributed by atoms with Crippen molar-refractivity contribution in [1.29, 1.82) is 0 Å². The number of fused-ring (bicyclic) bond motifs is 2. The number of thiophene rings is 1. The van der Waals surface area contributed by atoms with E-state index < -0.39 is 0 Å². The average molecular weight is 455 g/mol. The predicted molar refractivity (Wildman–Crippen MR) is 127 cm³/mol. The molecule has 1 fully saturated rings. The standard InChI is InChI=1S/C23H26N4O2S2/c1-14(2)12-27-22-17(15(3)25-27)11-20(30-22)21(28)26(13-16-7-6-10-29-16)23-24-18-8-4-5-9-19(18)31-23/h4-5,8-9,11,14,16H,6-7,10,12-13H2,1-3H3/t16-/m1/s1. The molecule has 5 rings (SSSR count). The number of aryl methyl sites for hydroxylation is 1. The number of benzene rings is 1. The Labute approximate surface area is 189 Å². The summed E-state index contributed by atoms with van der Waals surface area (Å²) in [6.07, 6.45) is 2.08. The molecule has 0 saturated carbocycles. The summed E-state index contributed by atoms with van der Waals surface area (Å²) >= 11 is 3.09. The Hall–Kier alpha value is -2.29. The molecule has 1 amide bonds. The van der Waals surface area contributed by atoms with Gasteiger partial charge in [0.05, 0.1) is 33.4 Å². The maximum absolute atomic E-state index is 13.7. The Kier molecular flexibility index (Phi) is 5.54. The fourth-order valence-corrected chi connectivity index (χ4v) is 6.13. The van der Waals surface area contributed by atoms with Gasteiger partial charge >= 0.3 is 0 Å². The molecule has 0 N–H and O–H groups in total. The molecule has 0 aliphatic carbocycles. The zero-order valence-corrected chi connectivity index (χ0v) is 19.6. The van der Waals surface area contributed by atoms with E-state index in [2.05, 4.69) is 25.0 Å². The van der Waals surface area contributed by atoms with Crippen LogP contribution >= 0.6 is 22.7 Å². The Morgan fingerprint density at radius 1 is 1.32 bits per heavy atom. The van der Waals surface area contributed by atoms with Gasteiger partial charge in [-0.15, -0.1) is 11.3 Å². The van der Waals surface area contributed by atoms with E-state index in [1.807, 2.05) is 40.8 Å². The molecule has 0 radical (unpaired) electrons. The molecule has 3 aromatic heterocycles. The fraction of sp³-hybridized carbons (Fsp3) is 0.435. The van der Waals surface area contributed by atoms with E-state index in [0.717, 1.165) is 62.1 Å². The second-order valence-corrected chi connectivity index (χ2v) is 10.5. The molecule has 8 heteroatoms. The van der Waals surface area contributed by atoms with Crippen molar-refractivity contribution < 1.29 is 9.53 Å². The van der Waals surface area contributed by atoms with E-state index in [1.165, 1.54) is 11.3 Å². The van der Waals surface area contributed by atoms with Crippen molar-refractivity contribution in [2.75, 3.05) is 18.1 Å². The lowest BCUT2D eigenvalue weighted by Crippen LogP contribution is -2.37. The van der Waals surface area contributed by atoms with Crippen LogP contribution in [0.5, 0.6) is 0 Å². The lowest BCUT2D eigenvalue weighted by Gasteiger charge is -2.22. The second-order valence-electron chi connectivity index (χ2n) is 8.51. The van der Waals surface area contributed by atoms with Crippen molar-refractivity contribution in [3.8, 4) is 0 Å². The van der Waals surface area contributed by atoms with Gasteiger partial charge in [0.25, 0.3) is 5.91 Å². The van der Waals surface area contributed by atoms with E-state index in [-0.39, 0.29) is 12.0 Å². The maximum atomic E-state index is 13.7. The van der Waals surface area contributed by atoms with Gasteiger partial charge in [0.15, 0.2) is 5.13 Å². The van der Waals surface area contributed by atoms with Gasteiger partial charge in [-0.2, -0.15) is 5.10 Å². The second kappa shape index (κ2) is 8.33. The molecule has 4 heterocycles. The highest BCUT2D eigenvalue weighted by atomic mass is 32.1. The number of nitrogens with zero attached hydrogens (tertiary/aromatic N) is 4. The Bertz CT molecular complexity index is 1200. The van der Waals surface area contributed by atoms with Gasteiger partial charge in [0, 0.05) is 18.5 Å². The summed E-state index contributed by atoms with van der Waals surface area (Å²) in [5, 5.41) is 6.48. The molecule has 0 spiro atoms. The first-order valence-corrected chi connectivity index (χ1v) is 12.4. The summed E-state index contributed by atoms with van der Waals surface area (Å²) in [6, 6.07) is 10.0. The normalized spacial score (nSPS) is 16.7. The third kappa shape index (κ3) is 4.00. The van der Waals surface area contributed by atoms with Crippen molar-refractivity contribution in [2.45, 2.75) is 46.3 Å². The number of amides is 1. The quantitative estimate of drug-likeness (QED) is 0.386. The Morgan fingerprint density at radius 3 is 2.90 bits per heavy atom. The van der Waals surface area contributed by atoms with Crippen molar-refractivity contribution >= 4 is 54.1 Å². The van der Waals surface area contributed by atoms with E-state index in [0.29, 0.717) is 12.5 Å². The highest BCUT2D eigenvalue weighted by Crippen LogP contribution is 2.34. The van der Waals surface area contributed by atoms with E-state index in [4.69, 9.17) is 9.72 Å². The van der Waals surface area contributed by atoms with Gasteiger partial charge in [-0.3, -0.25) is 14.4 Å². The third-order valence-electron chi connectivity index (χ3n) is 5.53. The SMILES string of the molecule is Cc1nn(CC(C)C)c2sc(C(=O)N(C[C@H]3CCCO3)c3nc4ccccc4s3)cc12. The molecular formula is C23H26N4O2S2. The molecule has 1 atom stereocenters. The van der Waals surface area contributed by atoms with E-state index >= 15 is 0 Å². The molecule has 1 aliphatic rings. The molecular weight excluding hydrogens is 428 g/mol. The Morgan fingerprint density at radius 2 is 2.16 bits per heavy atom. The van der Waals surface area contributed by atoms with Crippen LogP contribution in [-0.2, 0) is 11.3 Å². The minimum absolute atomic E-state index is 0.00810. The van der Waals surface area contributed by atoms with Crippen LogP contribution in [0, 0.1) is 12.8 Å². The average Bonchev–Trinajstić information content (AvgIpc) is 3.52. The zero-order chi connectivity index (χ0) is 21.5. The first kappa shape index (κ1) is 20.6. The number of thiazole rings is 1. The van der Waals surface area contributed by atoms with Gasteiger partial charge in [0.2, 0.25) is 0 Å². The monoisotopic (exact) mass is 454 g/mol. The van der Waals surface area contributed by atoms with Gasteiger partial charge in [-0.05, 0) is 43.9 Å². The summed E-state index contributed by atoms with van der Waals surface area (Å²) in [5.41, 5.74) is 1.89. The topological polar surface area (TPSA) is 60.2 Å². The van der Waals surface area contributed by atoms with Crippen LogP contribution in [0.3, 0.4) is 0 Å². The number of rotatable bonds is 6. The van der Waals surface area contributed by atoms with Crippen LogP contribution in [0.25, 0.3) is 20.4 Å². The fourth-order valence-electron chi connectivity index (χ4n) is 4.04. The molecule has 1 aromatic carbocycles. The van der Waals surface area contributed by atoms with Gasteiger partial charge in [-0.25, -0.2) is 4.98 Å². The summed E-state index contributed by atoms with van der Waals surface area (Å²) < 4.78 is 8.99. The molecule has 31 heavy (non-hydrogen) atoms. The van der Waals surface area contributed by atoms with Crippen LogP contribution in [0.1, 0.15) is 42.1 Å². The van der Waals surface area contributed by atoms with Crippen LogP contribution in [0.2, 0.25) is 0 Å². The van der Waals surface area contributed by atoms with Crippen molar-refractivity contribution in [2.24, 2.45) is 5.92 Å². The summed E-state index contributed by atoms with van der Waals surface area (Å²) in [7, 11) is 0. The number of para-hydroxylation sites is 1. The first-order valence-electron chi connectivity index (χ1n) is 10.8. The first-order chi connectivity index (χ1) is 15.0. The minimum Gasteiger partial charge on any atom is -0.376 e. The number of carbonyl (C=O) groups is 1. The molecule has 0 unspecified atom stereocenters. The van der Waals surface area contributed by atoms with Gasteiger partial charge in [0.1, 0.15) is 4.83 Å². The summed E-state index contributed by atoms with van der Waals surface area (Å²) in [6.45, 7) is 8.51. The summed E-state index contributed by atoms with van der Waals surface area (Å²) in [5.74, 6) is 0.480. The number of ether oxygens (including phenoxy) is 1. The number of anilines is 1. The zero-order valence-electron chi connectivity index (χ0n) is 18.0. The smallest absolute Gasteiger partial charge is 0.270 e. The lowest BCUT2D eigenvalue weighted by molar-refractivity contribution is 0.0921. The van der Waals surface area contributed by atoms with Crippen LogP contribution < -0.4 is 4.90 Å². The minimum atomic E-state index is -0.00810. The third-order valence-corrected chi connectivity index (χ3v) is 7.72. The highest BCUT2D eigenvalue weighted by Gasteiger charge is 2.29. The molecule has 1 aliphatic heterocycles. The van der Waals surface area contributed by atoms with Crippen LogP contribution in [-0.4, -0.2) is 39.9 Å². The number of carbonyl (C=O) groups excluding carboxylic acids is 1. The molecule has 0 bridgehead atoms. The molecule has 1 saturated heterocycles. The molecule has 162 valence electrons. The van der Waals surface area contributed by atoms with Crippen LogP contribution in [0.4, 0.5) is 5.13 Å². The molecule has 6 nitrogen and oxygen atoms in total. The predicted octanol–water partition coefficient (Wildman–Crippen LogP) is 5.50. The van der Waals surface area contributed by atoms with E-state index in [1.54, 1.807) is 11.3 Å². The Balaban J connectivity index is 1.53. The van der Waals surface area contributed by atoms with Gasteiger partial charge < -0.3 is 4.74 Å². The van der Waals surface area contributed by atoms with Gasteiger partial charge in [-0.1, -0.05) is 37.3 Å². The summed E-state index contributed by atoms with van der Waals surface area (Å²) in [4.78, 5) is 22.1. The van der Waals surface area contributed by atoms with E-state index in [9.17, 15) is 4.79 Å². The van der Waals surface area contributed by atoms with Crippen molar-refractivity contribution in [3.05, 3.63) is 40.9 Å². The maximum Gasteiger partial charge on any atom is 0.270 e. The number of hydrogen-bond acceptors (Lipinski definition) is 6.